The van der Waals surface area contributed by atoms with Crippen molar-refractivity contribution in [2.24, 2.45) is 4.99 Å². The lowest BCUT2D eigenvalue weighted by Crippen LogP contribution is -2.45. The second-order valence-electron chi connectivity index (χ2n) is 5.74. The summed E-state index contributed by atoms with van der Waals surface area (Å²) >= 11 is 1.76. The standard InChI is InChI=1S/C15H30N4O3S.HI/c1-12(10-22-13-5-7-21-11-13)18-15(16-6-8-23-4)17-9-14(20)19(2)3;/h12-13H,5-11H2,1-4H3,(H2,16,17,18);1H. The van der Waals surface area contributed by atoms with E-state index in [9.17, 15) is 4.79 Å². The van der Waals surface area contributed by atoms with Gasteiger partial charge in [-0.05, 0) is 19.6 Å². The SMILES string of the molecule is CSCCNC(=NCC(=O)N(C)C)NC(C)COC1CCOC1.I. The lowest BCUT2D eigenvalue weighted by Gasteiger charge is -2.20. The smallest absolute Gasteiger partial charge is 0.243 e. The lowest BCUT2D eigenvalue weighted by molar-refractivity contribution is -0.127. The van der Waals surface area contributed by atoms with Gasteiger partial charge in [-0.2, -0.15) is 11.8 Å². The van der Waals surface area contributed by atoms with E-state index in [2.05, 4.69) is 21.9 Å². The van der Waals surface area contributed by atoms with Gasteiger partial charge in [0.25, 0.3) is 0 Å². The molecule has 1 heterocycles. The van der Waals surface area contributed by atoms with Crippen molar-refractivity contribution in [1.29, 1.82) is 0 Å². The number of hydrogen-bond acceptors (Lipinski definition) is 5. The largest absolute Gasteiger partial charge is 0.379 e. The second-order valence-corrected chi connectivity index (χ2v) is 6.72. The molecule has 0 radical (unpaired) electrons. The third kappa shape index (κ3) is 10.6. The number of carbonyl (C=O) groups excluding carboxylic acids is 1. The fourth-order valence-electron chi connectivity index (χ4n) is 1.91. The topological polar surface area (TPSA) is 75.2 Å². The van der Waals surface area contributed by atoms with Crippen LogP contribution < -0.4 is 10.6 Å². The van der Waals surface area contributed by atoms with Gasteiger partial charge >= 0.3 is 0 Å². The molecule has 0 spiro atoms. The molecule has 0 aromatic heterocycles. The van der Waals surface area contributed by atoms with Gasteiger partial charge < -0.3 is 25.0 Å². The van der Waals surface area contributed by atoms with Gasteiger partial charge in [0.05, 0.1) is 19.3 Å². The molecule has 1 fully saturated rings. The van der Waals surface area contributed by atoms with Gasteiger partial charge in [-0.1, -0.05) is 0 Å². The fraction of sp³-hybridized carbons (Fsp3) is 0.867. The summed E-state index contributed by atoms with van der Waals surface area (Å²) in [7, 11) is 3.46. The zero-order chi connectivity index (χ0) is 17.1. The van der Waals surface area contributed by atoms with E-state index >= 15 is 0 Å². The van der Waals surface area contributed by atoms with Crippen molar-refractivity contribution < 1.29 is 14.3 Å². The monoisotopic (exact) mass is 474 g/mol. The van der Waals surface area contributed by atoms with E-state index in [-0.39, 0.29) is 48.6 Å². The van der Waals surface area contributed by atoms with Crippen LogP contribution in [0.4, 0.5) is 0 Å². The maximum Gasteiger partial charge on any atom is 0.243 e. The normalized spacial score (nSPS) is 18.7. The predicted octanol–water partition coefficient (Wildman–Crippen LogP) is 0.785. The van der Waals surface area contributed by atoms with Gasteiger partial charge in [0.1, 0.15) is 6.54 Å². The summed E-state index contributed by atoms with van der Waals surface area (Å²) in [5.74, 6) is 1.60. The van der Waals surface area contributed by atoms with E-state index in [4.69, 9.17) is 9.47 Å². The van der Waals surface area contributed by atoms with E-state index in [1.165, 1.54) is 4.90 Å². The van der Waals surface area contributed by atoms with Crippen molar-refractivity contribution in [3.05, 3.63) is 0 Å². The molecule has 1 amide bonds. The number of rotatable bonds is 9. The number of aliphatic imine (C=N–C) groups is 1. The van der Waals surface area contributed by atoms with Crippen LogP contribution in [0, 0.1) is 0 Å². The van der Waals surface area contributed by atoms with E-state index in [0.717, 1.165) is 25.3 Å². The number of nitrogens with one attached hydrogen (secondary N) is 2. The number of thioether (sulfide) groups is 1. The Kier molecular flexibility index (Phi) is 13.8. The van der Waals surface area contributed by atoms with Crippen LogP contribution in [0.2, 0.25) is 0 Å². The summed E-state index contributed by atoms with van der Waals surface area (Å²) in [6.45, 7) is 5.01. The predicted molar refractivity (Wildman–Crippen MR) is 111 cm³/mol. The Hall–Kier alpha value is -0.260. The van der Waals surface area contributed by atoms with Gasteiger partial charge in [0.15, 0.2) is 5.96 Å². The van der Waals surface area contributed by atoms with Crippen LogP contribution in [0.3, 0.4) is 0 Å². The van der Waals surface area contributed by atoms with E-state index < -0.39 is 0 Å². The zero-order valence-electron chi connectivity index (χ0n) is 15.0. The summed E-state index contributed by atoms with van der Waals surface area (Å²) in [6, 6.07) is 0.102. The number of ether oxygens (including phenoxy) is 2. The molecule has 24 heavy (non-hydrogen) atoms. The van der Waals surface area contributed by atoms with Crippen LogP contribution in [0.1, 0.15) is 13.3 Å². The second kappa shape index (κ2) is 14.0. The molecule has 1 rings (SSSR count). The highest BCUT2D eigenvalue weighted by atomic mass is 127. The van der Waals surface area contributed by atoms with Gasteiger partial charge in [0.2, 0.25) is 5.91 Å². The first-order valence-electron chi connectivity index (χ1n) is 7.96. The summed E-state index contributed by atoms with van der Waals surface area (Å²) in [4.78, 5) is 17.6. The summed E-state index contributed by atoms with van der Waals surface area (Å²) in [5, 5.41) is 6.53. The first kappa shape index (κ1) is 23.7. The fourth-order valence-corrected chi connectivity index (χ4v) is 2.22. The summed E-state index contributed by atoms with van der Waals surface area (Å²) in [6.07, 6.45) is 3.21. The molecule has 9 heteroatoms. The third-order valence-electron chi connectivity index (χ3n) is 3.32. The summed E-state index contributed by atoms with van der Waals surface area (Å²) < 4.78 is 11.1. The number of likely N-dealkylation sites (N-methyl/N-ethyl adjacent to an activating group) is 1. The number of carbonyl (C=O) groups is 1. The van der Waals surface area contributed by atoms with Crippen LogP contribution in [0.5, 0.6) is 0 Å². The van der Waals surface area contributed by atoms with Crippen molar-refractivity contribution in [2.45, 2.75) is 25.5 Å². The average Bonchev–Trinajstić information content (AvgIpc) is 3.03. The molecule has 1 saturated heterocycles. The average molecular weight is 474 g/mol. The highest BCUT2D eigenvalue weighted by Gasteiger charge is 2.17. The number of nitrogens with zero attached hydrogens (tertiary/aromatic N) is 2. The van der Waals surface area contributed by atoms with Gasteiger partial charge in [-0.15, -0.1) is 24.0 Å². The Balaban J connectivity index is 0.00000529. The van der Waals surface area contributed by atoms with Crippen molar-refractivity contribution >= 4 is 47.6 Å². The van der Waals surface area contributed by atoms with Crippen LogP contribution in [0.15, 0.2) is 4.99 Å². The minimum Gasteiger partial charge on any atom is -0.379 e. The van der Waals surface area contributed by atoms with E-state index in [0.29, 0.717) is 19.2 Å². The van der Waals surface area contributed by atoms with Gasteiger partial charge in [-0.3, -0.25) is 4.79 Å². The molecular formula is C15H31IN4O3S. The molecule has 2 unspecified atom stereocenters. The molecule has 0 aromatic carbocycles. The number of hydrogen-bond donors (Lipinski definition) is 2. The van der Waals surface area contributed by atoms with Gasteiger partial charge in [-0.25, -0.2) is 4.99 Å². The van der Waals surface area contributed by atoms with Crippen LogP contribution in [-0.2, 0) is 14.3 Å². The summed E-state index contributed by atoms with van der Waals surface area (Å²) in [5.41, 5.74) is 0. The van der Waals surface area contributed by atoms with Crippen molar-refractivity contribution in [2.75, 3.05) is 59.0 Å². The van der Waals surface area contributed by atoms with Crippen LogP contribution in [-0.4, -0.2) is 87.9 Å². The van der Waals surface area contributed by atoms with E-state index in [1.54, 1.807) is 25.9 Å². The molecular weight excluding hydrogens is 443 g/mol. The Labute approximate surface area is 166 Å². The lowest BCUT2D eigenvalue weighted by atomic mass is 10.3. The van der Waals surface area contributed by atoms with Crippen LogP contribution in [0.25, 0.3) is 0 Å². The number of halogens is 1. The highest BCUT2D eigenvalue weighted by molar-refractivity contribution is 14.0. The van der Waals surface area contributed by atoms with Crippen molar-refractivity contribution in [1.82, 2.24) is 15.5 Å². The Morgan fingerprint density at radius 3 is 2.83 bits per heavy atom. The van der Waals surface area contributed by atoms with Crippen molar-refractivity contribution in [3.8, 4) is 0 Å². The third-order valence-corrected chi connectivity index (χ3v) is 3.94. The maximum atomic E-state index is 11.7. The minimum absolute atomic E-state index is 0. The number of guanidine groups is 1. The Morgan fingerprint density at radius 1 is 1.50 bits per heavy atom. The first-order valence-corrected chi connectivity index (χ1v) is 9.35. The Bertz CT molecular complexity index is 380. The highest BCUT2D eigenvalue weighted by Crippen LogP contribution is 2.08. The molecule has 7 nitrogen and oxygen atoms in total. The molecule has 2 atom stereocenters. The maximum absolute atomic E-state index is 11.7. The van der Waals surface area contributed by atoms with E-state index in [1.807, 2.05) is 6.92 Å². The molecule has 0 bridgehead atoms. The number of amides is 1. The van der Waals surface area contributed by atoms with Crippen LogP contribution >= 0.6 is 35.7 Å². The zero-order valence-corrected chi connectivity index (χ0v) is 18.2. The molecule has 0 aliphatic carbocycles. The molecule has 1 aliphatic heterocycles. The molecule has 142 valence electrons. The Morgan fingerprint density at radius 2 is 2.25 bits per heavy atom. The van der Waals surface area contributed by atoms with Crippen molar-refractivity contribution in [3.63, 3.8) is 0 Å². The molecule has 1 aliphatic rings. The van der Waals surface area contributed by atoms with Gasteiger partial charge in [0, 0.05) is 39.0 Å². The first-order chi connectivity index (χ1) is 11.0. The minimum atomic E-state index is -0.0250. The quantitative estimate of drug-likeness (QED) is 0.223. The molecule has 0 aromatic rings. The molecule has 2 N–H and O–H groups in total. The molecule has 0 saturated carbocycles.